The van der Waals surface area contributed by atoms with Crippen LogP contribution in [0.15, 0.2) is 73.1 Å². The van der Waals surface area contributed by atoms with E-state index in [1.54, 1.807) is 4.90 Å². The molecule has 4 aromatic rings. The molecule has 2 aromatic carbocycles. The van der Waals surface area contributed by atoms with E-state index in [0.29, 0.717) is 47.0 Å². The number of carboxylic acids is 1. The Kier molecular flexibility index (Phi) is 7.03. The Morgan fingerprint density at radius 3 is 2.53 bits per heavy atom. The number of anilines is 1. The summed E-state index contributed by atoms with van der Waals surface area (Å²) in [4.78, 5) is 34.2. The van der Waals surface area contributed by atoms with Gasteiger partial charge < -0.3 is 20.5 Å². The number of hydrogen-bond acceptors (Lipinski definition) is 7. The molecule has 1 atom stereocenters. The Balaban J connectivity index is 1.42. The highest BCUT2D eigenvalue weighted by Gasteiger charge is 2.29. The number of rotatable bonds is 8. The van der Waals surface area contributed by atoms with Gasteiger partial charge in [0.15, 0.2) is 5.65 Å². The number of likely N-dealkylation sites (tertiary alicyclic amines) is 1. The fraction of sp³-hybridized carbons (Fsp3) is 0.250. The zero-order valence-corrected chi connectivity index (χ0v) is 20.8. The number of carbonyl (C=O) groups excluding carboxylic acids is 1. The third-order valence-electron chi connectivity index (χ3n) is 6.60. The second-order valence-electron chi connectivity index (χ2n) is 9.23. The fourth-order valence-electron chi connectivity index (χ4n) is 4.68. The maximum absolute atomic E-state index is 12.9. The number of benzene rings is 2. The van der Waals surface area contributed by atoms with E-state index in [1.807, 2.05) is 59.3 Å². The summed E-state index contributed by atoms with van der Waals surface area (Å²) in [5.41, 5.74) is 8.67. The van der Waals surface area contributed by atoms with Crippen LogP contribution >= 0.6 is 0 Å². The summed E-state index contributed by atoms with van der Waals surface area (Å²) in [5, 5.41) is 14.5. The lowest BCUT2D eigenvalue weighted by Crippen LogP contribution is -2.41. The fourth-order valence-corrected chi connectivity index (χ4v) is 4.68. The molecule has 10 heteroatoms. The number of carbonyl (C=O) groups is 2. The molecule has 2 aromatic heterocycles. The molecule has 0 spiro atoms. The first kappa shape index (κ1) is 24.9. The number of carboxylic acid groups (broad SMARTS) is 1. The van der Waals surface area contributed by atoms with E-state index in [2.05, 4.69) is 16.5 Å². The van der Waals surface area contributed by atoms with Gasteiger partial charge in [0.25, 0.3) is 0 Å². The molecule has 38 heavy (non-hydrogen) atoms. The number of amides is 1. The molecule has 194 valence electrons. The molecule has 1 saturated heterocycles. The molecule has 1 aliphatic heterocycles. The first-order valence-electron chi connectivity index (χ1n) is 12.4. The lowest BCUT2D eigenvalue weighted by molar-refractivity contribution is -0.137. The standard InChI is InChI=1S/C28H28N6O4/c1-18(9-14-23(35)36)28(37)33-15-5-6-20(16-33)34-27-24(26(29)30-17-31-27)25(32-34)19-10-12-22(13-11-19)38-21-7-3-2-4-8-21/h2-4,7-8,10-13,17,20H,1,5-6,9,14-16H2,(H,35,36)(H2,29,30,31)/t20-/m1/s1. The van der Waals surface area contributed by atoms with Crippen LogP contribution in [-0.2, 0) is 9.59 Å². The highest BCUT2D eigenvalue weighted by atomic mass is 16.5. The predicted octanol–water partition coefficient (Wildman–Crippen LogP) is 4.45. The van der Waals surface area contributed by atoms with E-state index in [9.17, 15) is 9.59 Å². The number of nitrogen functional groups attached to an aromatic ring is 1. The quantitative estimate of drug-likeness (QED) is 0.330. The summed E-state index contributed by atoms with van der Waals surface area (Å²) < 4.78 is 7.74. The average molecular weight is 513 g/mol. The molecule has 0 bridgehead atoms. The van der Waals surface area contributed by atoms with Gasteiger partial charge >= 0.3 is 5.97 Å². The summed E-state index contributed by atoms with van der Waals surface area (Å²) >= 11 is 0. The number of para-hydroxylation sites is 1. The van der Waals surface area contributed by atoms with Gasteiger partial charge in [0.05, 0.1) is 11.4 Å². The Morgan fingerprint density at radius 2 is 1.79 bits per heavy atom. The first-order valence-corrected chi connectivity index (χ1v) is 12.4. The van der Waals surface area contributed by atoms with Gasteiger partial charge in [-0.25, -0.2) is 14.6 Å². The average Bonchev–Trinajstić information content (AvgIpc) is 3.33. The summed E-state index contributed by atoms with van der Waals surface area (Å²) in [6.07, 6.45) is 2.98. The van der Waals surface area contributed by atoms with Crippen LogP contribution in [0.2, 0.25) is 0 Å². The van der Waals surface area contributed by atoms with Crippen molar-refractivity contribution in [2.45, 2.75) is 31.7 Å². The van der Waals surface area contributed by atoms with Crippen LogP contribution in [0.5, 0.6) is 11.5 Å². The van der Waals surface area contributed by atoms with Gasteiger partial charge in [-0.1, -0.05) is 24.8 Å². The van der Waals surface area contributed by atoms with Crippen molar-refractivity contribution in [1.29, 1.82) is 0 Å². The Bertz CT molecular complexity index is 1480. The molecule has 5 rings (SSSR count). The van der Waals surface area contributed by atoms with Gasteiger partial charge in [0.2, 0.25) is 5.91 Å². The highest BCUT2D eigenvalue weighted by Crippen LogP contribution is 2.35. The third-order valence-corrected chi connectivity index (χ3v) is 6.60. The van der Waals surface area contributed by atoms with Crippen LogP contribution in [0.4, 0.5) is 5.82 Å². The van der Waals surface area contributed by atoms with Gasteiger partial charge in [0, 0.05) is 30.6 Å². The summed E-state index contributed by atoms with van der Waals surface area (Å²) in [6, 6.07) is 17.0. The third kappa shape index (κ3) is 5.19. The van der Waals surface area contributed by atoms with E-state index >= 15 is 0 Å². The van der Waals surface area contributed by atoms with Crippen molar-refractivity contribution in [3.8, 4) is 22.8 Å². The molecule has 0 unspecified atom stereocenters. The number of ether oxygens (including phenoxy) is 1. The number of nitrogens with two attached hydrogens (primary N) is 1. The second kappa shape index (κ2) is 10.7. The Morgan fingerprint density at radius 1 is 1.05 bits per heavy atom. The van der Waals surface area contributed by atoms with E-state index in [4.69, 9.17) is 20.7 Å². The van der Waals surface area contributed by atoms with E-state index in [1.165, 1.54) is 6.33 Å². The number of fused-ring (bicyclic) bond motifs is 1. The van der Waals surface area contributed by atoms with Crippen molar-refractivity contribution in [2.75, 3.05) is 18.8 Å². The van der Waals surface area contributed by atoms with Crippen LogP contribution in [-0.4, -0.2) is 54.7 Å². The van der Waals surface area contributed by atoms with Crippen molar-refractivity contribution < 1.29 is 19.4 Å². The molecule has 0 aliphatic carbocycles. The Hall–Kier alpha value is -4.73. The maximum Gasteiger partial charge on any atom is 0.303 e. The minimum atomic E-state index is -0.956. The van der Waals surface area contributed by atoms with Gasteiger partial charge in [-0.05, 0) is 55.7 Å². The Labute approximate surface area is 219 Å². The smallest absolute Gasteiger partial charge is 0.303 e. The maximum atomic E-state index is 12.9. The summed E-state index contributed by atoms with van der Waals surface area (Å²) in [7, 11) is 0. The molecule has 3 heterocycles. The zero-order chi connectivity index (χ0) is 26.6. The number of aliphatic carboxylic acids is 1. The summed E-state index contributed by atoms with van der Waals surface area (Å²) in [5.74, 6) is 0.581. The molecule has 0 radical (unpaired) electrons. The van der Waals surface area contributed by atoms with Crippen molar-refractivity contribution in [2.24, 2.45) is 0 Å². The number of aromatic nitrogens is 4. The van der Waals surface area contributed by atoms with Gasteiger partial charge in [-0.3, -0.25) is 9.59 Å². The molecule has 1 fully saturated rings. The van der Waals surface area contributed by atoms with Crippen molar-refractivity contribution in [3.05, 3.63) is 73.1 Å². The largest absolute Gasteiger partial charge is 0.481 e. The molecular formula is C28H28N6O4. The highest BCUT2D eigenvalue weighted by molar-refractivity contribution is 5.98. The van der Waals surface area contributed by atoms with Crippen LogP contribution in [0, 0.1) is 0 Å². The number of nitrogens with zero attached hydrogens (tertiary/aromatic N) is 5. The number of piperidine rings is 1. The van der Waals surface area contributed by atoms with Crippen molar-refractivity contribution in [3.63, 3.8) is 0 Å². The van der Waals surface area contributed by atoms with Crippen LogP contribution in [0.25, 0.3) is 22.3 Å². The van der Waals surface area contributed by atoms with Crippen LogP contribution in [0.1, 0.15) is 31.7 Å². The normalized spacial score (nSPS) is 15.4. The van der Waals surface area contributed by atoms with Gasteiger partial charge in [-0.2, -0.15) is 5.10 Å². The van der Waals surface area contributed by atoms with Crippen LogP contribution < -0.4 is 10.5 Å². The van der Waals surface area contributed by atoms with Crippen molar-refractivity contribution in [1.82, 2.24) is 24.6 Å². The van der Waals surface area contributed by atoms with Gasteiger partial charge in [0.1, 0.15) is 29.3 Å². The van der Waals surface area contributed by atoms with E-state index in [0.717, 1.165) is 24.2 Å². The molecule has 1 aliphatic rings. The minimum absolute atomic E-state index is 0.123. The van der Waals surface area contributed by atoms with E-state index in [-0.39, 0.29) is 24.8 Å². The second-order valence-corrected chi connectivity index (χ2v) is 9.23. The molecule has 1 amide bonds. The minimum Gasteiger partial charge on any atom is -0.481 e. The molecule has 0 saturated carbocycles. The van der Waals surface area contributed by atoms with Crippen molar-refractivity contribution >= 4 is 28.7 Å². The van der Waals surface area contributed by atoms with Crippen LogP contribution in [0.3, 0.4) is 0 Å². The summed E-state index contributed by atoms with van der Waals surface area (Å²) in [6.45, 7) is 4.80. The predicted molar refractivity (Wildman–Crippen MR) is 143 cm³/mol. The topological polar surface area (TPSA) is 136 Å². The lowest BCUT2D eigenvalue weighted by atomic mass is 10.0. The molecule has 10 nitrogen and oxygen atoms in total. The SMILES string of the molecule is C=C(CCC(=O)O)C(=O)N1CCC[C@@H](n2nc(-c3ccc(Oc4ccccc4)cc3)c3c(N)ncnc32)C1. The first-order chi connectivity index (χ1) is 18.4. The molecule has 3 N–H and O–H groups in total. The van der Waals surface area contributed by atoms with E-state index < -0.39 is 5.97 Å². The monoisotopic (exact) mass is 512 g/mol. The number of hydrogen-bond donors (Lipinski definition) is 2. The lowest BCUT2D eigenvalue weighted by Gasteiger charge is -2.33. The van der Waals surface area contributed by atoms with Gasteiger partial charge in [-0.15, -0.1) is 0 Å². The molecular weight excluding hydrogens is 484 g/mol. The zero-order valence-electron chi connectivity index (χ0n) is 20.8.